The van der Waals surface area contributed by atoms with Gasteiger partial charge >= 0.3 is 0 Å². The highest BCUT2D eigenvalue weighted by molar-refractivity contribution is 6.46. The van der Waals surface area contributed by atoms with E-state index in [1.807, 2.05) is 13.8 Å². The molecule has 0 bridgehead atoms. The molecule has 0 saturated carbocycles. The van der Waals surface area contributed by atoms with Crippen molar-refractivity contribution in [2.45, 2.75) is 26.3 Å². The van der Waals surface area contributed by atoms with Crippen LogP contribution in [0.3, 0.4) is 0 Å². The highest BCUT2D eigenvalue weighted by Gasteiger charge is 2.47. The molecule has 0 aliphatic carbocycles. The highest BCUT2D eigenvalue weighted by Crippen LogP contribution is 2.46. The van der Waals surface area contributed by atoms with Gasteiger partial charge in [0, 0.05) is 31.4 Å². The molecule has 1 saturated heterocycles. The number of benzene rings is 2. The average Bonchev–Trinajstić information content (AvgIpc) is 3.09. The average molecular weight is 470 g/mol. The predicted molar refractivity (Wildman–Crippen MR) is 128 cm³/mol. The summed E-state index contributed by atoms with van der Waals surface area (Å²) in [5, 5.41) is 11.4. The maximum absolute atomic E-state index is 13.3. The Bertz CT molecular complexity index is 1120. The van der Waals surface area contributed by atoms with Crippen molar-refractivity contribution in [1.29, 1.82) is 0 Å². The van der Waals surface area contributed by atoms with Gasteiger partial charge < -0.3 is 29.0 Å². The van der Waals surface area contributed by atoms with E-state index < -0.39 is 17.7 Å². The zero-order valence-electron chi connectivity index (χ0n) is 20.4. The standard InChI is InChI=1S/C26H31NO7/c1-15-14-20(33-5)16(2)13-18(15)23(28)21-22(17-9-7-10-19(32-4)25(17)34-6)27(11-8-12-31-3)26(30)24(21)29/h7,9-10,13-14,22,28H,8,11-12H2,1-6H3/b23-21+. The molecular formula is C26H31NO7. The summed E-state index contributed by atoms with van der Waals surface area (Å²) in [5.41, 5.74) is 2.51. The topological polar surface area (TPSA) is 94.5 Å². The summed E-state index contributed by atoms with van der Waals surface area (Å²) >= 11 is 0. The molecule has 8 heteroatoms. The molecule has 1 fully saturated rings. The van der Waals surface area contributed by atoms with Crippen molar-refractivity contribution in [3.63, 3.8) is 0 Å². The zero-order chi connectivity index (χ0) is 25.0. The lowest BCUT2D eigenvalue weighted by Crippen LogP contribution is -2.31. The lowest BCUT2D eigenvalue weighted by atomic mass is 9.92. The monoisotopic (exact) mass is 469 g/mol. The number of methoxy groups -OCH3 is 4. The molecule has 1 heterocycles. The molecule has 2 aromatic rings. The first-order valence-corrected chi connectivity index (χ1v) is 10.9. The van der Waals surface area contributed by atoms with E-state index in [0.717, 1.165) is 5.56 Å². The fraction of sp³-hybridized carbons (Fsp3) is 0.385. The molecule has 1 amide bonds. The molecule has 2 aromatic carbocycles. The minimum atomic E-state index is -0.858. The van der Waals surface area contributed by atoms with Crippen LogP contribution < -0.4 is 14.2 Å². The maximum Gasteiger partial charge on any atom is 0.295 e. The van der Waals surface area contributed by atoms with Crippen LogP contribution in [0.5, 0.6) is 17.2 Å². The number of hydrogen-bond donors (Lipinski definition) is 1. The number of ether oxygens (including phenoxy) is 4. The van der Waals surface area contributed by atoms with Crippen LogP contribution in [0.2, 0.25) is 0 Å². The minimum absolute atomic E-state index is 0.00152. The number of Topliss-reactive ketones (excluding diaryl/α,β-unsaturated/α-hetero) is 1. The van der Waals surface area contributed by atoms with Crippen LogP contribution in [-0.2, 0) is 14.3 Å². The molecule has 1 aliphatic rings. The van der Waals surface area contributed by atoms with E-state index in [0.29, 0.717) is 47.0 Å². The fourth-order valence-electron chi connectivity index (χ4n) is 4.35. The number of carbonyl (C=O) groups is 2. The normalized spacial score (nSPS) is 17.2. The van der Waals surface area contributed by atoms with Crippen LogP contribution >= 0.6 is 0 Å². The Kier molecular flexibility index (Phi) is 7.83. The first-order valence-electron chi connectivity index (χ1n) is 10.9. The first-order chi connectivity index (χ1) is 16.3. The number of carbonyl (C=O) groups excluding carboxylic acids is 2. The number of aliphatic hydroxyl groups is 1. The van der Waals surface area contributed by atoms with Crippen molar-refractivity contribution in [3.8, 4) is 17.2 Å². The number of rotatable bonds is 9. The molecule has 3 rings (SSSR count). The van der Waals surface area contributed by atoms with E-state index in [2.05, 4.69) is 0 Å². The van der Waals surface area contributed by atoms with Gasteiger partial charge in [0.05, 0.1) is 32.9 Å². The second-order valence-corrected chi connectivity index (χ2v) is 8.06. The van der Waals surface area contributed by atoms with Gasteiger partial charge in [-0.05, 0) is 49.6 Å². The van der Waals surface area contributed by atoms with Gasteiger partial charge in [-0.2, -0.15) is 0 Å². The number of ketones is 1. The van der Waals surface area contributed by atoms with Crippen LogP contribution in [0.4, 0.5) is 0 Å². The summed E-state index contributed by atoms with van der Waals surface area (Å²) in [6, 6.07) is 7.94. The lowest BCUT2D eigenvalue weighted by molar-refractivity contribution is -0.140. The van der Waals surface area contributed by atoms with Gasteiger partial charge in [-0.3, -0.25) is 9.59 Å². The number of amides is 1. The smallest absolute Gasteiger partial charge is 0.295 e. The van der Waals surface area contributed by atoms with Gasteiger partial charge in [0.1, 0.15) is 11.5 Å². The molecule has 34 heavy (non-hydrogen) atoms. The summed E-state index contributed by atoms with van der Waals surface area (Å²) < 4.78 is 21.6. The number of para-hydroxylation sites is 1. The largest absolute Gasteiger partial charge is 0.507 e. The molecule has 8 nitrogen and oxygen atoms in total. The highest BCUT2D eigenvalue weighted by atomic mass is 16.5. The van der Waals surface area contributed by atoms with Gasteiger partial charge in [-0.25, -0.2) is 0 Å². The molecule has 1 atom stereocenters. The third-order valence-corrected chi connectivity index (χ3v) is 6.01. The number of nitrogens with zero attached hydrogens (tertiary/aromatic N) is 1. The number of aliphatic hydroxyl groups excluding tert-OH is 1. The van der Waals surface area contributed by atoms with Crippen molar-refractivity contribution in [2.24, 2.45) is 0 Å². The molecule has 182 valence electrons. The van der Waals surface area contributed by atoms with Crippen molar-refractivity contribution < 1.29 is 33.6 Å². The van der Waals surface area contributed by atoms with Crippen LogP contribution in [0.25, 0.3) is 5.76 Å². The second kappa shape index (κ2) is 10.6. The van der Waals surface area contributed by atoms with Crippen molar-refractivity contribution in [2.75, 3.05) is 41.6 Å². The predicted octanol–water partition coefficient (Wildman–Crippen LogP) is 3.79. The Hall–Kier alpha value is -3.52. The molecular weight excluding hydrogens is 438 g/mol. The van der Waals surface area contributed by atoms with Crippen molar-refractivity contribution in [1.82, 2.24) is 4.90 Å². The number of hydrogen-bond acceptors (Lipinski definition) is 7. The molecule has 1 aliphatic heterocycles. The van der Waals surface area contributed by atoms with E-state index in [9.17, 15) is 14.7 Å². The van der Waals surface area contributed by atoms with Gasteiger partial charge in [0.15, 0.2) is 11.5 Å². The third-order valence-electron chi connectivity index (χ3n) is 6.01. The fourth-order valence-corrected chi connectivity index (χ4v) is 4.35. The maximum atomic E-state index is 13.3. The lowest BCUT2D eigenvalue weighted by Gasteiger charge is -2.27. The van der Waals surface area contributed by atoms with E-state index in [-0.39, 0.29) is 17.9 Å². The summed E-state index contributed by atoms with van der Waals surface area (Å²) in [6.07, 6.45) is 0.521. The Morgan fingerprint density at radius 2 is 1.68 bits per heavy atom. The SMILES string of the molecule is COCCCN1C(=O)C(=O)/C(=C(/O)c2cc(C)c(OC)cc2C)C1c1cccc(OC)c1OC. The van der Waals surface area contributed by atoms with Gasteiger partial charge in [0.2, 0.25) is 0 Å². The van der Waals surface area contributed by atoms with Crippen LogP contribution in [0, 0.1) is 13.8 Å². The van der Waals surface area contributed by atoms with Gasteiger partial charge in [0.25, 0.3) is 11.7 Å². The van der Waals surface area contributed by atoms with Gasteiger partial charge in [-0.15, -0.1) is 0 Å². The van der Waals surface area contributed by atoms with Crippen molar-refractivity contribution in [3.05, 3.63) is 58.2 Å². The minimum Gasteiger partial charge on any atom is -0.507 e. The van der Waals surface area contributed by atoms with E-state index >= 15 is 0 Å². The van der Waals surface area contributed by atoms with Crippen molar-refractivity contribution >= 4 is 17.4 Å². The van der Waals surface area contributed by atoms with E-state index in [1.54, 1.807) is 44.6 Å². The Balaban J connectivity index is 2.27. The summed E-state index contributed by atoms with van der Waals surface area (Å²) in [6.45, 7) is 4.34. The second-order valence-electron chi connectivity index (χ2n) is 8.06. The first kappa shape index (κ1) is 25.1. The summed E-state index contributed by atoms with van der Waals surface area (Å²) in [5.74, 6) is -0.167. The third kappa shape index (κ3) is 4.46. The van der Waals surface area contributed by atoms with Gasteiger partial charge in [-0.1, -0.05) is 12.1 Å². The number of likely N-dealkylation sites (tertiary alicyclic amines) is 1. The quantitative estimate of drug-likeness (QED) is 0.258. The van der Waals surface area contributed by atoms with E-state index in [1.165, 1.54) is 19.1 Å². The molecule has 0 aromatic heterocycles. The molecule has 1 unspecified atom stereocenters. The summed E-state index contributed by atoms with van der Waals surface area (Å²) in [4.78, 5) is 27.9. The number of aryl methyl sites for hydroxylation is 2. The summed E-state index contributed by atoms with van der Waals surface area (Å²) in [7, 11) is 6.16. The molecule has 0 spiro atoms. The van der Waals surface area contributed by atoms with Crippen LogP contribution in [0.1, 0.15) is 34.7 Å². The van der Waals surface area contributed by atoms with Crippen LogP contribution in [0.15, 0.2) is 35.9 Å². The van der Waals surface area contributed by atoms with E-state index in [4.69, 9.17) is 18.9 Å². The zero-order valence-corrected chi connectivity index (χ0v) is 20.4. The molecule has 1 N–H and O–H groups in total. The Morgan fingerprint density at radius 1 is 0.971 bits per heavy atom. The Labute approximate surface area is 199 Å². The Morgan fingerprint density at radius 3 is 2.29 bits per heavy atom. The van der Waals surface area contributed by atoms with Crippen LogP contribution in [-0.4, -0.2) is 63.3 Å². The molecule has 0 radical (unpaired) electrons.